The fourth-order valence-corrected chi connectivity index (χ4v) is 3.04. The van der Waals surface area contributed by atoms with Crippen molar-refractivity contribution in [3.63, 3.8) is 0 Å². The fourth-order valence-electron chi connectivity index (χ4n) is 1.82. The van der Waals surface area contributed by atoms with E-state index < -0.39 is 10.1 Å². The maximum Gasteiger partial charge on any atom is 0.267 e. The van der Waals surface area contributed by atoms with Crippen molar-refractivity contribution in [1.82, 2.24) is 0 Å². The summed E-state index contributed by atoms with van der Waals surface area (Å²) in [7, 11) is -3.30. The molecule has 0 amide bonds. The van der Waals surface area contributed by atoms with Crippen LogP contribution < -0.4 is 0 Å². The van der Waals surface area contributed by atoms with Crippen LogP contribution in [0.15, 0.2) is 12.7 Å². The van der Waals surface area contributed by atoms with E-state index in [4.69, 9.17) is 4.18 Å². The summed E-state index contributed by atoms with van der Waals surface area (Å²) < 4.78 is 28.2. The largest absolute Gasteiger partial charge is 0.267 e. The van der Waals surface area contributed by atoms with E-state index in [1.54, 1.807) is 6.08 Å². The van der Waals surface area contributed by atoms with Crippen molar-refractivity contribution in [2.45, 2.75) is 51.0 Å². The van der Waals surface area contributed by atoms with Gasteiger partial charge in [0.15, 0.2) is 0 Å². The summed E-state index contributed by atoms with van der Waals surface area (Å²) in [6, 6.07) is 0. The van der Waals surface area contributed by atoms with Gasteiger partial charge in [-0.3, -0.25) is 4.18 Å². The van der Waals surface area contributed by atoms with Crippen LogP contribution in [-0.2, 0) is 14.3 Å². The number of rotatable bonds is 6. The lowest BCUT2D eigenvalue weighted by molar-refractivity contribution is 0.162. The molecule has 0 aromatic heterocycles. The molecule has 1 rings (SSSR count). The summed E-state index contributed by atoms with van der Waals surface area (Å²) in [5.74, 6) is 0.121. The maximum absolute atomic E-state index is 11.5. The molecule has 1 saturated carbocycles. The van der Waals surface area contributed by atoms with Crippen molar-refractivity contribution in [1.29, 1.82) is 0 Å². The van der Waals surface area contributed by atoms with Gasteiger partial charge in [-0.15, -0.1) is 6.58 Å². The van der Waals surface area contributed by atoms with Crippen molar-refractivity contribution >= 4 is 10.1 Å². The zero-order valence-corrected chi connectivity index (χ0v) is 9.97. The Morgan fingerprint density at radius 1 is 1.27 bits per heavy atom. The number of allylic oxidation sites excluding steroid dienone is 1. The van der Waals surface area contributed by atoms with Gasteiger partial charge in [0.2, 0.25) is 0 Å². The summed E-state index contributed by atoms with van der Waals surface area (Å²) in [5, 5.41) is 0. The van der Waals surface area contributed by atoms with Gasteiger partial charge < -0.3 is 0 Å². The monoisotopic (exact) mass is 232 g/mol. The second kappa shape index (κ2) is 6.28. The SMILES string of the molecule is C=CCCCS(=O)(=O)OC1CCCCC1. The molecule has 0 bridgehead atoms. The Morgan fingerprint density at radius 3 is 2.53 bits per heavy atom. The molecule has 1 aliphatic rings. The molecule has 1 aliphatic carbocycles. The van der Waals surface area contributed by atoms with Gasteiger partial charge in [0.05, 0.1) is 11.9 Å². The Bertz CT molecular complexity index is 276. The zero-order chi connectivity index (χ0) is 11.1. The molecule has 0 heterocycles. The molecule has 1 fully saturated rings. The zero-order valence-electron chi connectivity index (χ0n) is 9.15. The molecule has 0 saturated heterocycles. The Hall–Kier alpha value is -0.350. The van der Waals surface area contributed by atoms with Crippen LogP contribution in [-0.4, -0.2) is 20.3 Å². The molecule has 0 atom stereocenters. The highest BCUT2D eigenvalue weighted by Gasteiger charge is 2.20. The highest BCUT2D eigenvalue weighted by molar-refractivity contribution is 7.86. The van der Waals surface area contributed by atoms with Gasteiger partial charge in [-0.05, 0) is 25.7 Å². The first kappa shape index (κ1) is 12.7. The standard InChI is InChI=1S/C11H20O3S/c1-2-3-7-10-15(12,13)14-11-8-5-4-6-9-11/h2,11H,1,3-10H2. The van der Waals surface area contributed by atoms with E-state index in [0.717, 1.165) is 32.1 Å². The summed E-state index contributed by atoms with van der Waals surface area (Å²) in [6.45, 7) is 3.56. The minimum Gasteiger partial charge on any atom is -0.267 e. The predicted molar refractivity (Wildman–Crippen MR) is 61.2 cm³/mol. The third kappa shape index (κ3) is 5.33. The van der Waals surface area contributed by atoms with E-state index in [-0.39, 0.29) is 11.9 Å². The minimum atomic E-state index is -3.30. The first-order valence-electron chi connectivity index (χ1n) is 5.66. The number of hydrogen-bond acceptors (Lipinski definition) is 3. The highest BCUT2D eigenvalue weighted by Crippen LogP contribution is 2.22. The van der Waals surface area contributed by atoms with Gasteiger partial charge in [-0.1, -0.05) is 25.3 Å². The molecule has 0 spiro atoms. The number of unbranched alkanes of at least 4 members (excludes halogenated alkanes) is 1. The molecule has 0 N–H and O–H groups in total. The van der Waals surface area contributed by atoms with Crippen molar-refractivity contribution in [2.75, 3.05) is 5.75 Å². The van der Waals surface area contributed by atoms with E-state index in [9.17, 15) is 8.42 Å². The molecular formula is C11H20O3S. The van der Waals surface area contributed by atoms with E-state index >= 15 is 0 Å². The summed E-state index contributed by atoms with van der Waals surface area (Å²) >= 11 is 0. The Labute approximate surface area is 92.6 Å². The molecule has 0 aliphatic heterocycles. The Morgan fingerprint density at radius 2 is 1.93 bits per heavy atom. The predicted octanol–water partition coefficient (Wildman–Crippen LogP) is 2.63. The molecule has 88 valence electrons. The van der Waals surface area contributed by atoms with Crippen LogP contribution in [0.3, 0.4) is 0 Å². The van der Waals surface area contributed by atoms with Crippen LogP contribution >= 0.6 is 0 Å². The average molecular weight is 232 g/mol. The van der Waals surface area contributed by atoms with Gasteiger partial charge in [-0.25, -0.2) is 0 Å². The summed E-state index contributed by atoms with van der Waals surface area (Å²) in [6.07, 6.45) is 8.17. The topological polar surface area (TPSA) is 43.4 Å². The summed E-state index contributed by atoms with van der Waals surface area (Å²) in [5.41, 5.74) is 0. The van der Waals surface area contributed by atoms with Crippen molar-refractivity contribution in [2.24, 2.45) is 0 Å². The molecule has 0 aromatic rings. The Balaban J connectivity index is 2.30. The number of hydrogen-bond donors (Lipinski definition) is 0. The van der Waals surface area contributed by atoms with E-state index in [1.165, 1.54) is 6.42 Å². The normalized spacial score (nSPS) is 18.9. The molecule has 4 heteroatoms. The van der Waals surface area contributed by atoms with Gasteiger partial charge in [-0.2, -0.15) is 8.42 Å². The quantitative estimate of drug-likeness (QED) is 0.402. The molecular weight excluding hydrogens is 212 g/mol. The van der Waals surface area contributed by atoms with Crippen LogP contribution in [0.1, 0.15) is 44.9 Å². The third-order valence-electron chi connectivity index (χ3n) is 2.64. The second-order valence-corrected chi connectivity index (χ2v) is 5.77. The summed E-state index contributed by atoms with van der Waals surface area (Å²) in [4.78, 5) is 0. The Kier molecular flexibility index (Phi) is 5.32. The first-order valence-corrected chi connectivity index (χ1v) is 7.23. The maximum atomic E-state index is 11.5. The van der Waals surface area contributed by atoms with E-state index in [0.29, 0.717) is 6.42 Å². The van der Waals surface area contributed by atoms with Gasteiger partial charge in [0, 0.05) is 0 Å². The van der Waals surface area contributed by atoms with Crippen molar-refractivity contribution < 1.29 is 12.6 Å². The van der Waals surface area contributed by atoms with E-state index in [1.807, 2.05) is 0 Å². The molecule has 15 heavy (non-hydrogen) atoms. The van der Waals surface area contributed by atoms with Crippen LogP contribution in [0.5, 0.6) is 0 Å². The molecule has 0 radical (unpaired) electrons. The third-order valence-corrected chi connectivity index (χ3v) is 3.99. The van der Waals surface area contributed by atoms with Crippen LogP contribution in [0.25, 0.3) is 0 Å². The average Bonchev–Trinajstić information content (AvgIpc) is 2.18. The smallest absolute Gasteiger partial charge is 0.267 e. The van der Waals surface area contributed by atoms with Crippen LogP contribution in [0.4, 0.5) is 0 Å². The van der Waals surface area contributed by atoms with Crippen LogP contribution in [0, 0.1) is 0 Å². The van der Waals surface area contributed by atoms with Gasteiger partial charge >= 0.3 is 0 Å². The molecule has 0 aromatic carbocycles. The van der Waals surface area contributed by atoms with Crippen LogP contribution in [0.2, 0.25) is 0 Å². The first-order chi connectivity index (χ1) is 7.14. The minimum absolute atomic E-state index is 0.0625. The fraction of sp³-hybridized carbons (Fsp3) is 0.818. The molecule has 3 nitrogen and oxygen atoms in total. The van der Waals surface area contributed by atoms with Crippen molar-refractivity contribution in [3.8, 4) is 0 Å². The molecule has 0 unspecified atom stereocenters. The highest BCUT2D eigenvalue weighted by atomic mass is 32.2. The second-order valence-electron chi connectivity index (χ2n) is 4.05. The lowest BCUT2D eigenvalue weighted by Crippen LogP contribution is -2.22. The van der Waals surface area contributed by atoms with E-state index in [2.05, 4.69) is 6.58 Å². The lowest BCUT2D eigenvalue weighted by Gasteiger charge is -2.21. The lowest BCUT2D eigenvalue weighted by atomic mass is 9.98. The van der Waals surface area contributed by atoms with Gasteiger partial charge in [0.1, 0.15) is 0 Å². The van der Waals surface area contributed by atoms with Gasteiger partial charge in [0.25, 0.3) is 10.1 Å². The van der Waals surface area contributed by atoms with Crippen molar-refractivity contribution in [3.05, 3.63) is 12.7 Å².